The van der Waals surface area contributed by atoms with E-state index in [-0.39, 0.29) is 0 Å². The maximum Gasteiger partial charge on any atom is 0.224 e. The Morgan fingerprint density at radius 2 is 2.00 bits per heavy atom. The maximum atomic E-state index is 10.2. The Morgan fingerprint density at radius 3 is 2.63 bits per heavy atom. The van der Waals surface area contributed by atoms with Crippen LogP contribution in [0, 0.1) is 6.92 Å². The Morgan fingerprint density at radius 1 is 1.26 bits per heavy atom. The van der Waals surface area contributed by atoms with E-state index in [1.165, 1.54) is 0 Å². The summed E-state index contributed by atoms with van der Waals surface area (Å²) in [5.41, 5.74) is 0.276. The summed E-state index contributed by atoms with van der Waals surface area (Å²) in [5, 5.41) is 16.5. The van der Waals surface area contributed by atoms with E-state index in [0.29, 0.717) is 12.5 Å². The minimum Gasteiger partial charge on any atom is -0.388 e. The maximum absolute atomic E-state index is 10.2. The molecule has 19 heavy (non-hydrogen) atoms. The molecular formula is C14H26N4O. The number of nitrogens with zero attached hydrogens (tertiary/aromatic N) is 2. The first-order valence-corrected chi connectivity index (χ1v) is 7.02. The molecule has 5 heteroatoms. The van der Waals surface area contributed by atoms with Crippen molar-refractivity contribution in [2.45, 2.75) is 52.6 Å². The summed E-state index contributed by atoms with van der Waals surface area (Å²) in [6.45, 7) is 9.32. The highest BCUT2D eigenvalue weighted by Crippen LogP contribution is 2.16. The topological polar surface area (TPSA) is 70.1 Å². The molecule has 0 aliphatic rings. The van der Waals surface area contributed by atoms with Crippen LogP contribution in [0.3, 0.4) is 0 Å². The molecule has 0 amide bonds. The molecule has 108 valence electrons. The molecule has 0 aliphatic carbocycles. The number of aliphatic hydroxyl groups is 1. The van der Waals surface area contributed by atoms with Gasteiger partial charge in [0.25, 0.3) is 0 Å². The minimum atomic E-state index is -0.705. The Balaban J connectivity index is 2.66. The third-order valence-electron chi connectivity index (χ3n) is 2.93. The van der Waals surface area contributed by atoms with Crippen LogP contribution in [0.5, 0.6) is 0 Å². The zero-order valence-electron chi connectivity index (χ0n) is 12.5. The van der Waals surface area contributed by atoms with Crippen LogP contribution in [-0.2, 0) is 0 Å². The predicted molar refractivity (Wildman–Crippen MR) is 79.6 cm³/mol. The van der Waals surface area contributed by atoms with Gasteiger partial charge in [0.15, 0.2) is 0 Å². The predicted octanol–water partition coefficient (Wildman–Crippen LogP) is 2.57. The number of rotatable bonds is 8. The number of nitrogens with one attached hydrogen (secondary N) is 2. The van der Waals surface area contributed by atoms with Crippen molar-refractivity contribution >= 4 is 11.8 Å². The molecule has 3 N–H and O–H groups in total. The molecule has 1 rings (SSSR count). The first kappa shape index (κ1) is 15.7. The van der Waals surface area contributed by atoms with Gasteiger partial charge in [-0.1, -0.05) is 20.3 Å². The van der Waals surface area contributed by atoms with Gasteiger partial charge in [-0.25, -0.2) is 4.98 Å². The van der Waals surface area contributed by atoms with Crippen LogP contribution in [-0.4, -0.2) is 33.8 Å². The Hall–Kier alpha value is -1.36. The van der Waals surface area contributed by atoms with Crippen LogP contribution < -0.4 is 10.6 Å². The van der Waals surface area contributed by atoms with E-state index in [9.17, 15) is 5.11 Å². The number of hydrogen-bond donors (Lipinski definition) is 3. The van der Waals surface area contributed by atoms with Crippen molar-refractivity contribution in [3.8, 4) is 0 Å². The zero-order chi connectivity index (χ0) is 14.3. The first-order chi connectivity index (χ1) is 8.98. The van der Waals surface area contributed by atoms with Gasteiger partial charge in [-0.2, -0.15) is 4.98 Å². The molecule has 0 saturated heterocycles. The first-order valence-electron chi connectivity index (χ1n) is 7.02. The van der Waals surface area contributed by atoms with E-state index in [0.717, 1.165) is 37.2 Å². The molecule has 0 aliphatic heterocycles. The lowest BCUT2D eigenvalue weighted by atomic mass is 10.0. The van der Waals surface area contributed by atoms with E-state index in [4.69, 9.17) is 0 Å². The third kappa shape index (κ3) is 5.42. The molecule has 0 saturated carbocycles. The van der Waals surface area contributed by atoms with Gasteiger partial charge in [-0.3, -0.25) is 0 Å². The Bertz CT molecular complexity index is 393. The Labute approximate surface area is 115 Å². The van der Waals surface area contributed by atoms with Crippen LogP contribution in [0.25, 0.3) is 0 Å². The lowest BCUT2D eigenvalue weighted by Crippen LogP contribution is -2.33. The van der Waals surface area contributed by atoms with Gasteiger partial charge in [0, 0.05) is 24.8 Å². The van der Waals surface area contributed by atoms with E-state index in [1.54, 1.807) is 6.20 Å². The van der Waals surface area contributed by atoms with Gasteiger partial charge in [0.1, 0.15) is 5.82 Å². The van der Waals surface area contributed by atoms with E-state index in [2.05, 4.69) is 34.4 Å². The van der Waals surface area contributed by atoms with Crippen molar-refractivity contribution in [3.63, 3.8) is 0 Å². The quantitative estimate of drug-likeness (QED) is 0.674. The molecule has 0 bridgehead atoms. The van der Waals surface area contributed by atoms with Crippen LogP contribution >= 0.6 is 0 Å². The SMILES string of the molecule is CCCNc1ncc(C)c(NCC(C)(O)CCC)n1. The number of hydrogen-bond acceptors (Lipinski definition) is 5. The molecule has 5 nitrogen and oxygen atoms in total. The summed E-state index contributed by atoms with van der Waals surface area (Å²) in [5.74, 6) is 1.41. The van der Waals surface area contributed by atoms with Gasteiger partial charge in [-0.15, -0.1) is 0 Å². The lowest BCUT2D eigenvalue weighted by Gasteiger charge is -2.23. The number of aryl methyl sites for hydroxylation is 1. The van der Waals surface area contributed by atoms with Crippen LogP contribution in [0.4, 0.5) is 11.8 Å². The standard InChI is InChI=1S/C14H26N4O/c1-5-7-14(4,19)10-17-12-11(3)9-16-13(18-12)15-8-6-2/h9,19H,5-8,10H2,1-4H3,(H2,15,16,17,18). The summed E-state index contributed by atoms with van der Waals surface area (Å²) >= 11 is 0. The molecular weight excluding hydrogens is 240 g/mol. The summed E-state index contributed by atoms with van der Waals surface area (Å²) in [7, 11) is 0. The number of aromatic nitrogens is 2. The summed E-state index contributed by atoms with van der Waals surface area (Å²) in [6, 6.07) is 0. The van der Waals surface area contributed by atoms with Crippen molar-refractivity contribution in [2.24, 2.45) is 0 Å². The average molecular weight is 266 g/mol. The van der Waals surface area contributed by atoms with Crippen molar-refractivity contribution in [3.05, 3.63) is 11.8 Å². The van der Waals surface area contributed by atoms with Crippen LogP contribution in [0.15, 0.2) is 6.20 Å². The van der Waals surface area contributed by atoms with Gasteiger partial charge in [-0.05, 0) is 26.7 Å². The average Bonchev–Trinajstić information content (AvgIpc) is 2.36. The molecule has 1 aromatic rings. The van der Waals surface area contributed by atoms with Gasteiger partial charge in [0.2, 0.25) is 5.95 Å². The van der Waals surface area contributed by atoms with Gasteiger partial charge in [0.05, 0.1) is 5.60 Å². The van der Waals surface area contributed by atoms with E-state index in [1.807, 2.05) is 13.8 Å². The molecule has 1 unspecified atom stereocenters. The fraction of sp³-hybridized carbons (Fsp3) is 0.714. The van der Waals surface area contributed by atoms with Crippen LogP contribution in [0.2, 0.25) is 0 Å². The van der Waals surface area contributed by atoms with Crippen LogP contribution in [0.1, 0.15) is 45.6 Å². The number of anilines is 2. The van der Waals surface area contributed by atoms with Crippen molar-refractivity contribution in [2.75, 3.05) is 23.7 Å². The monoisotopic (exact) mass is 266 g/mol. The summed E-state index contributed by atoms with van der Waals surface area (Å²) < 4.78 is 0. The lowest BCUT2D eigenvalue weighted by molar-refractivity contribution is 0.0636. The fourth-order valence-corrected chi connectivity index (χ4v) is 1.84. The summed E-state index contributed by atoms with van der Waals surface area (Å²) in [4.78, 5) is 8.66. The third-order valence-corrected chi connectivity index (χ3v) is 2.93. The highest BCUT2D eigenvalue weighted by atomic mass is 16.3. The van der Waals surface area contributed by atoms with Gasteiger partial charge >= 0.3 is 0 Å². The highest BCUT2D eigenvalue weighted by molar-refractivity contribution is 5.46. The largest absolute Gasteiger partial charge is 0.388 e. The van der Waals surface area contributed by atoms with Gasteiger partial charge < -0.3 is 15.7 Å². The van der Waals surface area contributed by atoms with Crippen molar-refractivity contribution in [1.29, 1.82) is 0 Å². The Kier molecular flexibility index (Phi) is 6.02. The molecule has 1 atom stereocenters. The molecule has 0 spiro atoms. The summed E-state index contributed by atoms with van der Waals surface area (Å²) in [6.07, 6.45) is 4.55. The second-order valence-electron chi connectivity index (χ2n) is 5.25. The molecule has 0 radical (unpaired) electrons. The van der Waals surface area contributed by atoms with E-state index >= 15 is 0 Å². The molecule has 0 aromatic carbocycles. The van der Waals surface area contributed by atoms with Crippen molar-refractivity contribution < 1.29 is 5.11 Å². The normalized spacial score (nSPS) is 13.9. The smallest absolute Gasteiger partial charge is 0.224 e. The zero-order valence-corrected chi connectivity index (χ0v) is 12.5. The second kappa shape index (κ2) is 7.28. The molecule has 1 heterocycles. The minimum absolute atomic E-state index is 0.492. The fourth-order valence-electron chi connectivity index (χ4n) is 1.84. The molecule has 0 fully saturated rings. The van der Waals surface area contributed by atoms with E-state index < -0.39 is 5.60 Å². The molecule has 1 aromatic heterocycles. The van der Waals surface area contributed by atoms with Crippen molar-refractivity contribution in [1.82, 2.24) is 9.97 Å². The second-order valence-corrected chi connectivity index (χ2v) is 5.25. The highest BCUT2D eigenvalue weighted by Gasteiger charge is 2.19.